The van der Waals surface area contributed by atoms with E-state index in [-0.39, 0.29) is 52.4 Å². The van der Waals surface area contributed by atoms with Crippen LogP contribution < -0.4 is 55.0 Å². The van der Waals surface area contributed by atoms with Gasteiger partial charge in [0.1, 0.15) is 15.5 Å². The van der Waals surface area contributed by atoms with Crippen molar-refractivity contribution in [1.82, 2.24) is 13.6 Å². The number of imidazole rings is 1. The van der Waals surface area contributed by atoms with Crippen molar-refractivity contribution in [1.29, 1.82) is 0 Å². The van der Waals surface area contributed by atoms with Crippen LogP contribution in [-0.4, -0.2) is 52.7 Å². The van der Waals surface area contributed by atoms with E-state index in [1.807, 2.05) is 96.4 Å². The van der Waals surface area contributed by atoms with Crippen molar-refractivity contribution in [2.45, 2.75) is 56.0 Å². The maximum absolute atomic E-state index is 14.3. The molecule has 11 nitrogen and oxygen atoms in total. The van der Waals surface area contributed by atoms with Crippen molar-refractivity contribution in [3.63, 3.8) is 0 Å². The van der Waals surface area contributed by atoms with Crippen molar-refractivity contribution >= 4 is 71.4 Å². The summed E-state index contributed by atoms with van der Waals surface area (Å²) < 4.78 is 78.4. The first-order chi connectivity index (χ1) is 24.4. The van der Waals surface area contributed by atoms with Crippen LogP contribution in [0.1, 0.15) is 37.6 Å². The SMILES string of the molecule is CCn1c(=O)c(=CC=C2Sc3ccccc3[N+]23CCCC3S(=O)(=O)[O-])n(-c2ccccc2)c1=Cc1sc2ccccc2[n+]1CCCCS(=O)(=O)[O-].[Na+]. The van der Waals surface area contributed by atoms with Gasteiger partial charge in [0, 0.05) is 55.5 Å². The molecule has 0 aliphatic carbocycles. The molecule has 0 amide bonds. The minimum atomic E-state index is -4.65. The Hall–Kier alpha value is -2.83. The molecule has 2 aromatic heterocycles. The van der Waals surface area contributed by atoms with Gasteiger partial charge in [-0.1, -0.05) is 53.8 Å². The number of benzene rings is 3. The topological polar surface area (TPSA) is 145 Å². The van der Waals surface area contributed by atoms with Gasteiger partial charge >= 0.3 is 29.6 Å². The molecular formula is C36H36N4NaO7S4+. The summed E-state index contributed by atoms with van der Waals surface area (Å²) in [5.74, 6) is -0.430. The summed E-state index contributed by atoms with van der Waals surface area (Å²) in [7, 11) is -8.97. The molecule has 2 unspecified atom stereocenters. The number of hydrogen-bond donors (Lipinski definition) is 0. The number of hydrogen-bond acceptors (Lipinski definition) is 9. The van der Waals surface area contributed by atoms with Crippen LogP contribution in [0.2, 0.25) is 0 Å². The van der Waals surface area contributed by atoms with E-state index in [0.717, 1.165) is 31.5 Å². The van der Waals surface area contributed by atoms with Crippen molar-refractivity contribution in [2.24, 2.45) is 0 Å². The molecule has 4 heterocycles. The van der Waals surface area contributed by atoms with E-state index in [4.69, 9.17) is 0 Å². The third-order valence-corrected chi connectivity index (χ3v) is 13.9. The molecule has 2 aliphatic rings. The Morgan fingerprint density at radius 1 is 0.942 bits per heavy atom. The third-order valence-electron chi connectivity index (χ3n) is 9.53. The fourth-order valence-electron chi connectivity index (χ4n) is 7.35. The number of unbranched alkanes of at least 4 members (excludes halogenated alkanes) is 1. The molecule has 1 saturated heterocycles. The van der Waals surface area contributed by atoms with E-state index >= 15 is 0 Å². The Morgan fingerprint density at radius 3 is 2.38 bits per heavy atom. The van der Waals surface area contributed by atoms with Gasteiger partial charge < -0.3 is 9.11 Å². The second-order valence-electron chi connectivity index (χ2n) is 12.6. The number of aryl methyl sites for hydroxylation is 1. The van der Waals surface area contributed by atoms with Crippen LogP contribution in [0, 0.1) is 0 Å². The minimum Gasteiger partial charge on any atom is -0.748 e. The molecule has 266 valence electrons. The number of quaternary nitrogens is 1. The van der Waals surface area contributed by atoms with E-state index in [1.54, 1.807) is 28.1 Å². The first-order valence-corrected chi connectivity index (χ1v) is 21.4. The van der Waals surface area contributed by atoms with Crippen LogP contribution in [0.4, 0.5) is 5.69 Å². The van der Waals surface area contributed by atoms with Gasteiger partial charge in [-0.05, 0) is 55.4 Å². The van der Waals surface area contributed by atoms with Crippen LogP contribution in [0.25, 0.3) is 28.1 Å². The Kier molecular flexibility index (Phi) is 11.6. The zero-order valence-corrected chi connectivity index (χ0v) is 34.0. The van der Waals surface area contributed by atoms with E-state index in [1.165, 1.54) is 11.8 Å². The van der Waals surface area contributed by atoms with Crippen LogP contribution in [0.3, 0.4) is 0 Å². The molecule has 0 bridgehead atoms. The number of allylic oxidation sites excluding steroid dienone is 1. The van der Waals surface area contributed by atoms with E-state index < -0.39 is 31.4 Å². The Bertz CT molecular complexity index is 2580. The maximum Gasteiger partial charge on any atom is 1.00 e. The normalized spacial score (nSPS) is 20.3. The van der Waals surface area contributed by atoms with Crippen LogP contribution in [0.5, 0.6) is 0 Å². The van der Waals surface area contributed by atoms with E-state index in [0.29, 0.717) is 48.3 Å². The molecule has 3 aromatic carbocycles. The number of thiazole rings is 1. The number of fused-ring (bicyclic) bond motifs is 3. The monoisotopic (exact) mass is 787 g/mol. The van der Waals surface area contributed by atoms with Crippen molar-refractivity contribution in [3.8, 4) is 5.69 Å². The molecule has 2 atom stereocenters. The van der Waals surface area contributed by atoms with Crippen LogP contribution >= 0.6 is 23.1 Å². The van der Waals surface area contributed by atoms with Gasteiger partial charge in [-0.3, -0.25) is 13.9 Å². The summed E-state index contributed by atoms with van der Waals surface area (Å²) in [6.07, 6.45) is 7.03. The standard InChI is InChI=1S/C36H36N4O7S4.Na/c1-2-37-32(25-33-38(22-10-11-24-50(42,43)44)27-15-6-8-17-30(27)48-33)39(26-13-4-3-5-14-26)28(36(37)41)20-21-34-40(23-12-19-35(40)51(45,46)47)29-16-7-9-18-31(29)49-34;/h3-9,13-18,20-21,25,35H,2,10-12,19,22-24H2,1H3;/q;+1. The van der Waals surface area contributed by atoms with Crippen LogP contribution in [0.15, 0.2) is 99.7 Å². The number of thioether (sulfide) groups is 1. The summed E-state index contributed by atoms with van der Waals surface area (Å²) >= 11 is 2.97. The predicted molar refractivity (Wildman–Crippen MR) is 199 cm³/mol. The molecular weight excluding hydrogens is 752 g/mol. The first-order valence-electron chi connectivity index (χ1n) is 16.7. The number of nitrogens with zero attached hydrogens (tertiary/aromatic N) is 4. The Balaban J connectivity index is 0.00000464. The Morgan fingerprint density at radius 2 is 1.65 bits per heavy atom. The minimum absolute atomic E-state index is 0. The van der Waals surface area contributed by atoms with Gasteiger partial charge in [0.05, 0.1) is 27.6 Å². The maximum atomic E-state index is 14.3. The zero-order chi connectivity index (χ0) is 36.0. The zero-order valence-electron chi connectivity index (χ0n) is 28.8. The second kappa shape index (κ2) is 15.5. The quantitative estimate of drug-likeness (QED) is 0.0663. The molecule has 0 N–H and O–H groups in total. The van der Waals surface area contributed by atoms with Gasteiger partial charge in [-0.15, -0.1) is 0 Å². The van der Waals surface area contributed by atoms with Gasteiger partial charge in [-0.2, -0.15) is 4.57 Å². The number of rotatable bonds is 10. The van der Waals surface area contributed by atoms with Gasteiger partial charge in [0.25, 0.3) is 10.6 Å². The molecule has 2 aliphatic heterocycles. The average molecular weight is 788 g/mol. The fraction of sp³-hybridized carbons (Fsp3) is 0.278. The third kappa shape index (κ3) is 7.32. The molecule has 52 heavy (non-hydrogen) atoms. The average Bonchev–Trinajstić information content (AvgIpc) is 3.84. The fourth-order valence-corrected chi connectivity index (χ4v) is 11.6. The van der Waals surface area contributed by atoms with Crippen molar-refractivity contribution < 1.29 is 60.1 Å². The van der Waals surface area contributed by atoms with Crippen molar-refractivity contribution in [2.75, 3.05) is 12.3 Å². The smallest absolute Gasteiger partial charge is 0.748 e. The number of aromatic nitrogens is 3. The van der Waals surface area contributed by atoms with E-state index in [9.17, 15) is 30.7 Å². The Labute approximate surface area is 332 Å². The molecule has 0 radical (unpaired) electrons. The molecule has 16 heteroatoms. The van der Waals surface area contributed by atoms with Gasteiger partial charge in [0.2, 0.25) is 5.52 Å². The van der Waals surface area contributed by atoms with Gasteiger partial charge in [0.15, 0.2) is 32.8 Å². The summed E-state index contributed by atoms with van der Waals surface area (Å²) in [5, 5.41) is 0.720. The molecule has 5 aromatic rings. The second-order valence-corrected chi connectivity index (χ2v) is 17.7. The number of para-hydroxylation sites is 3. The summed E-state index contributed by atoms with van der Waals surface area (Å²) in [6.45, 7) is 3.20. The van der Waals surface area contributed by atoms with E-state index in [2.05, 4.69) is 4.57 Å². The van der Waals surface area contributed by atoms with Crippen molar-refractivity contribution in [3.05, 3.63) is 116 Å². The molecule has 7 rings (SSSR count). The molecule has 1 fully saturated rings. The predicted octanol–water partition coefficient (Wildman–Crippen LogP) is 0.720. The summed E-state index contributed by atoms with van der Waals surface area (Å²) in [5.41, 5.74) is 2.87. The largest absolute Gasteiger partial charge is 1.00 e. The summed E-state index contributed by atoms with van der Waals surface area (Å²) in [6, 6.07) is 25.0. The van der Waals surface area contributed by atoms with Gasteiger partial charge in [-0.25, -0.2) is 21.3 Å². The molecule has 1 spiro atoms. The molecule has 0 saturated carbocycles. The first kappa shape index (κ1) is 38.9. The van der Waals surface area contributed by atoms with Crippen LogP contribution in [-0.2, 0) is 33.3 Å². The summed E-state index contributed by atoms with van der Waals surface area (Å²) in [4.78, 5) is 15.2.